The molecule has 2 N–H and O–H groups in total. The fraction of sp³-hybridized carbons (Fsp3) is 0.923. The van der Waals surface area contributed by atoms with Crippen LogP contribution in [0, 0.1) is 5.92 Å². The Morgan fingerprint density at radius 3 is 3.00 bits per heavy atom. The van der Waals surface area contributed by atoms with Crippen LogP contribution in [0.3, 0.4) is 0 Å². The van der Waals surface area contributed by atoms with Crippen molar-refractivity contribution >= 4 is 5.91 Å². The summed E-state index contributed by atoms with van der Waals surface area (Å²) in [5.41, 5.74) is 5.57. The lowest BCUT2D eigenvalue weighted by Gasteiger charge is -2.32. The summed E-state index contributed by atoms with van der Waals surface area (Å²) < 4.78 is 5.35. The topological polar surface area (TPSA) is 55.6 Å². The highest BCUT2D eigenvalue weighted by Crippen LogP contribution is 2.19. The Bertz CT molecular complexity index is 219. The molecule has 17 heavy (non-hydrogen) atoms. The van der Waals surface area contributed by atoms with Crippen molar-refractivity contribution in [3.63, 3.8) is 0 Å². The second kappa shape index (κ2) is 8.48. The van der Waals surface area contributed by atoms with Crippen LogP contribution in [0.1, 0.15) is 39.0 Å². The van der Waals surface area contributed by atoms with Crippen LogP contribution >= 0.6 is 0 Å². The molecule has 100 valence electrons. The molecule has 0 aromatic carbocycles. The number of nitrogens with two attached hydrogens (primary N) is 1. The van der Waals surface area contributed by atoms with Gasteiger partial charge in [-0.2, -0.15) is 0 Å². The molecule has 4 heteroatoms. The van der Waals surface area contributed by atoms with E-state index in [1.807, 2.05) is 4.90 Å². The normalized spacial score (nSPS) is 20.6. The van der Waals surface area contributed by atoms with E-state index in [9.17, 15) is 4.79 Å². The van der Waals surface area contributed by atoms with Crippen LogP contribution in [0.5, 0.6) is 0 Å². The molecule has 4 nitrogen and oxygen atoms in total. The van der Waals surface area contributed by atoms with E-state index in [0.717, 1.165) is 45.5 Å². The third kappa shape index (κ3) is 5.50. The van der Waals surface area contributed by atoms with Gasteiger partial charge in [0, 0.05) is 19.7 Å². The van der Waals surface area contributed by atoms with Gasteiger partial charge in [-0.15, -0.1) is 0 Å². The molecule has 1 rings (SSSR count). The SMILES string of the molecule is CCCOCCC(=O)N1CCCC(CCN)C1. The number of nitrogens with zero attached hydrogens (tertiary/aromatic N) is 1. The lowest BCUT2D eigenvalue weighted by atomic mass is 9.95. The van der Waals surface area contributed by atoms with E-state index < -0.39 is 0 Å². The summed E-state index contributed by atoms with van der Waals surface area (Å²) in [6.45, 7) is 5.92. The molecule has 0 aliphatic carbocycles. The average molecular weight is 242 g/mol. The lowest BCUT2D eigenvalue weighted by molar-refractivity contribution is -0.134. The zero-order valence-electron chi connectivity index (χ0n) is 11.0. The fourth-order valence-electron chi connectivity index (χ4n) is 2.33. The quantitative estimate of drug-likeness (QED) is 0.686. The van der Waals surface area contributed by atoms with Gasteiger partial charge in [0.25, 0.3) is 0 Å². The molecule has 1 unspecified atom stereocenters. The van der Waals surface area contributed by atoms with Gasteiger partial charge in [-0.05, 0) is 38.1 Å². The van der Waals surface area contributed by atoms with E-state index in [-0.39, 0.29) is 5.91 Å². The lowest BCUT2D eigenvalue weighted by Crippen LogP contribution is -2.40. The van der Waals surface area contributed by atoms with Crippen molar-refractivity contribution in [3.8, 4) is 0 Å². The standard InChI is InChI=1S/C13H26N2O2/c1-2-9-17-10-6-13(16)15-8-3-4-12(11-15)5-7-14/h12H,2-11,14H2,1H3. The van der Waals surface area contributed by atoms with Crippen LogP contribution in [0.2, 0.25) is 0 Å². The van der Waals surface area contributed by atoms with Crippen LogP contribution in [-0.4, -0.2) is 43.7 Å². The molecular formula is C13H26N2O2. The highest BCUT2D eigenvalue weighted by Gasteiger charge is 2.22. The molecule has 0 spiro atoms. The molecule has 0 radical (unpaired) electrons. The number of likely N-dealkylation sites (tertiary alicyclic amines) is 1. The summed E-state index contributed by atoms with van der Waals surface area (Å²) >= 11 is 0. The van der Waals surface area contributed by atoms with Gasteiger partial charge in [-0.3, -0.25) is 4.79 Å². The monoisotopic (exact) mass is 242 g/mol. The van der Waals surface area contributed by atoms with Gasteiger partial charge in [-0.1, -0.05) is 6.92 Å². The third-order valence-corrected chi connectivity index (χ3v) is 3.26. The number of carbonyl (C=O) groups is 1. The first-order chi connectivity index (χ1) is 8.27. The van der Waals surface area contributed by atoms with Gasteiger partial charge in [0.05, 0.1) is 13.0 Å². The number of rotatable bonds is 7. The minimum atomic E-state index is 0.239. The molecule has 1 aliphatic heterocycles. The van der Waals surface area contributed by atoms with Crippen molar-refractivity contribution in [2.45, 2.75) is 39.0 Å². The van der Waals surface area contributed by atoms with Crippen molar-refractivity contribution in [1.29, 1.82) is 0 Å². The summed E-state index contributed by atoms with van der Waals surface area (Å²) in [5.74, 6) is 0.845. The second-order valence-corrected chi connectivity index (χ2v) is 4.79. The molecule has 0 saturated carbocycles. The zero-order valence-corrected chi connectivity index (χ0v) is 11.0. The Hall–Kier alpha value is -0.610. The van der Waals surface area contributed by atoms with Crippen molar-refractivity contribution in [2.24, 2.45) is 11.7 Å². The van der Waals surface area contributed by atoms with Crippen LogP contribution in [-0.2, 0) is 9.53 Å². The number of hydrogen-bond acceptors (Lipinski definition) is 3. The van der Waals surface area contributed by atoms with Crippen LogP contribution in [0.25, 0.3) is 0 Å². The predicted molar refractivity (Wildman–Crippen MR) is 68.7 cm³/mol. The van der Waals surface area contributed by atoms with Crippen LogP contribution in [0.4, 0.5) is 0 Å². The Labute approximate surface area is 104 Å². The first-order valence-corrected chi connectivity index (χ1v) is 6.83. The van der Waals surface area contributed by atoms with Crippen molar-refractivity contribution in [2.75, 3.05) is 32.8 Å². The van der Waals surface area contributed by atoms with Crippen LogP contribution in [0.15, 0.2) is 0 Å². The van der Waals surface area contributed by atoms with Gasteiger partial charge < -0.3 is 15.4 Å². The van der Waals surface area contributed by atoms with Crippen LogP contribution < -0.4 is 5.73 Å². The first-order valence-electron chi connectivity index (χ1n) is 6.83. The highest BCUT2D eigenvalue weighted by atomic mass is 16.5. The summed E-state index contributed by atoms with van der Waals surface area (Å²) in [6.07, 6.45) is 4.90. The average Bonchev–Trinajstić information content (AvgIpc) is 2.35. The molecule has 1 atom stereocenters. The number of amides is 1. The Morgan fingerprint density at radius 2 is 2.29 bits per heavy atom. The molecule has 0 aromatic rings. The Balaban J connectivity index is 2.21. The van der Waals surface area contributed by atoms with Gasteiger partial charge in [0.2, 0.25) is 5.91 Å². The van der Waals surface area contributed by atoms with E-state index >= 15 is 0 Å². The van der Waals surface area contributed by atoms with E-state index in [0.29, 0.717) is 18.9 Å². The summed E-state index contributed by atoms with van der Waals surface area (Å²) in [4.78, 5) is 13.9. The molecular weight excluding hydrogens is 216 g/mol. The first kappa shape index (κ1) is 14.5. The second-order valence-electron chi connectivity index (χ2n) is 4.79. The maximum Gasteiger partial charge on any atom is 0.224 e. The largest absolute Gasteiger partial charge is 0.381 e. The molecule has 1 saturated heterocycles. The molecule has 1 fully saturated rings. The molecule has 1 amide bonds. The third-order valence-electron chi connectivity index (χ3n) is 3.26. The minimum Gasteiger partial charge on any atom is -0.381 e. The van der Waals surface area contributed by atoms with E-state index in [4.69, 9.17) is 10.5 Å². The van der Waals surface area contributed by atoms with E-state index in [1.54, 1.807) is 0 Å². The van der Waals surface area contributed by atoms with Crippen molar-refractivity contribution in [1.82, 2.24) is 4.90 Å². The summed E-state index contributed by atoms with van der Waals surface area (Å²) in [6, 6.07) is 0. The molecule has 0 aromatic heterocycles. The highest BCUT2D eigenvalue weighted by molar-refractivity contribution is 5.76. The van der Waals surface area contributed by atoms with E-state index in [1.165, 1.54) is 6.42 Å². The number of piperidine rings is 1. The maximum atomic E-state index is 11.9. The summed E-state index contributed by atoms with van der Waals surface area (Å²) in [7, 11) is 0. The van der Waals surface area contributed by atoms with Crippen molar-refractivity contribution < 1.29 is 9.53 Å². The zero-order chi connectivity index (χ0) is 12.5. The molecule has 0 bridgehead atoms. The number of ether oxygens (including phenoxy) is 1. The van der Waals surface area contributed by atoms with E-state index in [2.05, 4.69) is 6.92 Å². The van der Waals surface area contributed by atoms with Gasteiger partial charge >= 0.3 is 0 Å². The van der Waals surface area contributed by atoms with Gasteiger partial charge in [0.1, 0.15) is 0 Å². The predicted octanol–water partition coefficient (Wildman–Crippen LogP) is 1.39. The number of carbonyl (C=O) groups excluding carboxylic acids is 1. The molecule has 1 aliphatic rings. The fourth-order valence-corrected chi connectivity index (χ4v) is 2.33. The smallest absolute Gasteiger partial charge is 0.224 e. The van der Waals surface area contributed by atoms with Gasteiger partial charge in [-0.25, -0.2) is 0 Å². The Kier molecular flexibility index (Phi) is 7.21. The minimum absolute atomic E-state index is 0.239. The summed E-state index contributed by atoms with van der Waals surface area (Å²) in [5, 5.41) is 0. The van der Waals surface area contributed by atoms with Gasteiger partial charge in [0.15, 0.2) is 0 Å². The molecule has 1 heterocycles. The number of hydrogen-bond donors (Lipinski definition) is 1. The Morgan fingerprint density at radius 1 is 1.47 bits per heavy atom. The van der Waals surface area contributed by atoms with Crippen molar-refractivity contribution in [3.05, 3.63) is 0 Å². The maximum absolute atomic E-state index is 11.9.